The molecule has 0 saturated carbocycles. The van der Waals surface area contributed by atoms with Crippen LogP contribution in [-0.2, 0) is 18.9 Å². The Kier molecular flexibility index (Phi) is 3.57. The van der Waals surface area contributed by atoms with Crippen LogP contribution in [0.4, 0.5) is 0 Å². The summed E-state index contributed by atoms with van der Waals surface area (Å²) in [4.78, 5) is 11.9. The number of benzene rings is 1. The lowest BCUT2D eigenvalue weighted by Crippen LogP contribution is -2.27. The van der Waals surface area contributed by atoms with Crippen LogP contribution in [0.5, 0.6) is 0 Å². The van der Waals surface area contributed by atoms with Gasteiger partial charge in [-0.2, -0.15) is 0 Å². The molecule has 0 unspecified atom stereocenters. The second kappa shape index (κ2) is 5.26. The number of carbonyl (C=O) groups is 1. The first-order valence-electron chi connectivity index (χ1n) is 6.88. The highest BCUT2D eigenvalue weighted by molar-refractivity contribution is 5.89. The fraction of sp³-hybridized carbons (Fsp3) is 0.438. The zero-order chi connectivity index (χ0) is 15.0. The zero-order valence-electron chi connectivity index (χ0n) is 12.1. The average molecular weight is 290 g/mol. The summed E-state index contributed by atoms with van der Waals surface area (Å²) in [6, 6.07) is 8.83. The zero-order valence-corrected chi connectivity index (χ0v) is 12.1. The maximum Gasteiger partial charge on any atom is 0.338 e. The fourth-order valence-corrected chi connectivity index (χ4v) is 2.47. The van der Waals surface area contributed by atoms with Crippen LogP contribution in [0.25, 0.3) is 0 Å². The molecule has 5 nitrogen and oxygen atoms in total. The van der Waals surface area contributed by atoms with Crippen LogP contribution < -0.4 is 0 Å². The summed E-state index contributed by atoms with van der Waals surface area (Å²) in [6.45, 7) is 7.73. The van der Waals surface area contributed by atoms with Gasteiger partial charge in [0, 0.05) is 0 Å². The predicted octanol–water partition coefficient (Wildman–Crippen LogP) is 2.28. The van der Waals surface area contributed by atoms with Gasteiger partial charge in [-0.25, -0.2) is 4.79 Å². The summed E-state index contributed by atoms with van der Waals surface area (Å²) in [7, 11) is 0. The van der Waals surface area contributed by atoms with Crippen LogP contribution in [0.2, 0.25) is 0 Å². The normalized spacial score (nSPS) is 30.2. The maximum atomic E-state index is 11.9. The van der Waals surface area contributed by atoms with Crippen molar-refractivity contribution in [3.8, 4) is 0 Å². The van der Waals surface area contributed by atoms with E-state index in [0.29, 0.717) is 5.56 Å². The molecular weight excluding hydrogens is 272 g/mol. The molecule has 2 fully saturated rings. The molecule has 112 valence electrons. The third-order valence-electron chi connectivity index (χ3n) is 3.51. The number of fused-ring (bicyclic) bond motifs is 1. The topological polar surface area (TPSA) is 54.0 Å². The summed E-state index contributed by atoms with van der Waals surface area (Å²) in [5, 5.41) is 0. The molecule has 2 aliphatic heterocycles. The molecule has 0 radical (unpaired) electrons. The van der Waals surface area contributed by atoms with E-state index >= 15 is 0 Å². The largest absolute Gasteiger partial charge is 0.459 e. The van der Waals surface area contributed by atoms with Gasteiger partial charge in [0.05, 0.1) is 5.56 Å². The van der Waals surface area contributed by atoms with Gasteiger partial charge in [-0.15, -0.1) is 0 Å². The monoisotopic (exact) mass is 290 g/mol. The molecule has 3 rings (SSSR count). The molecule has 2 aliphatic rings. The molecule has 21 heavy (non-hydrogen) atoms. The van der Waals surface area contributed by atoms with Gasteiger partial charge in [0.25, 0.3) is 0 Å². The van der Waals surface area contributed by atoms with Crippen molar-refractivity contribution in [3.05, 3.63) is 48.0 Å². The number of esters is 1. The van der Waals surface area contributed by atoms with Gasteiger partial charge in [0.15, 0.2) is 12.1 Å². The van der Waals surface area contributed by atoms with E-state index in [4.69, 9.17) is 18.9 Å². The van der Waals surface area contributed by atoms with Crippen LogP contribution in [0.1, 0.15) is 24.2 Å². The van der Waals surface area contributed by atoms with Crippen LogP contribution in [-0.4, -0.2) is 36.9 Å². The Morgan fingerprint density at radius 1 is 1.29 bits per heavy atom. The lowest BCUT2D eigenvalue weighted by molar-refractivity contribution is -0.202. The van der Waals surface area contributed by atoms with E-state index in [1.54, 1.807) is 24.3 Å². The minimum atomic E-state index is -0.677. The van der Waals surface area contributed by atoms with Gasteiger partial charge >= 0.3 is 5.97 Å². The quantitative estimate of drug-likeness (QED) is 0.631. The molecule has 0 spiro atoms. The first-order valence-corrected chi connectivity index (χ1v) is 6.88. The molecule has 5 heteroatoms. The van der Waals surface area contributed by atoms with E-state index in [9.17, 15) is 4.79 Å². The fourth-order valence-electron chi connectivity index (χ4n) is 2.47. The number of carbonyl (C=O) groups excluding carboxylic acids is 1. The maximum absolute atomic E-state index is 11.9. The highest BCUT2D eigenvalue weighted by atomic mass is 16.8. The van der Waals surface area contributed by atoms with Crippen LogP contribution in [0.3, 0.4) is 0 Å². The number of hydrogen-bond acceptors (Lipinski definition) is 5. The van der Waals surface area contributed by atoms with Gasteiger partial charge in [-0.05, 0) is 31.6 Å². The molecule has 1 aromatic rings. The van der Waals surface area contributed by atoms with Gasteiger partial charge in [0.1, 0.15) is 18.8 Å². The second-order valence-corrected chi connectivity index (χ2v) is 5.59. The SMILES string of the molecule is C=C1[C@H]2OC(C)(C)O[C@H]2O[C@@H]1COC(=O)c1ccccc1. The van der Waals surface area contributed by atoms with Gasteiger partial charge < -0.3 is 18.9 Å². The van der Waals surface area contributed by atoms with Crippen LogP contribution >= 0.6 is 0 Å². The number of hydrogen-bond donors (Lipinski definition) is 0. The summed E-state index contributed by atoms with van der Waals surface area (Å²) in [5.74, 6) is -1.06. The lowest BCUT2D eigenvalue weighted by atomic mass is 10.1. The third kappa shape index (κ3) is 2.85. The van der Waals surface area contributed by atoms with Crippen LogP contribution in [0, 0.1) is 0 Å². The molecule has 0 bridgehead atoms. The summed E-state index contributed by atoms with van der Waals surface area (Å²) in [5.41, 5.74) is 1.25. The highest BCUT2D eigenvalue weighted by Gasteiger charge is 2.51. The molecule has 2 heterocycles. The molecule has 3 atom stereocenters. The smallest absolute Gasteiger partial charge is 0.338 e. The molecule has 0 N–H and O–H groups in total. The predicted molar refractivity (Wildman–Crippen MR) is 74.6 cm³/mol. The Morgan fingerprint density at radius 3 is 2.67 bits per heavy atom. The van der Waals surface area contributed by atoms with Crippen molar-refractivity contribution >= 4 is 5.97 Å². The minimum Gasteiger partial charge on any atom is -0.459 e. The molecule has 0 aromatic heterocycles. The Balaban J connectivity index is 1.56. The lowest BCUT2D eigenvalue weighted by Gasteiger charge is -2.21. The summed E-state index contributed by atoms with van der Waals surface area (Å²) >= 11 is 0. The van der Waals surface area contributed by atoms with Crippen molar-refractivity contribution in [3.63, 3.8) is 0 Å². The van der Waals surface area contributed by atoms with E-state index < -0.39 is 18.2 Å². The van der Waals surface area contributed by atoms with E-state index in [-0.39, 0.29) is 18.7 Å². The molecule has 2 saturated heterocycles. The van der Waals surface area contributed by atoms with Gasteiger partial charge in [-0.1, -0.05) is 24.8 Å². The van der Waals surface area contributed by atoms with E-state index in [2.05, 4.69) is 6.58 Å². The highest BCUT2D eigenvalue weighted by Crippen LogP contribution is 2.39. The van der Waals surface area contributed by atoms with Crippen molar-refractivity contribution in [2.75, 3.05) is 6.61 Å². The molecule has 0 amide bonds. The van der Waals surface area contributed by atoms with Crippen LogP contribution in [0.15, 0.2) is 42.5 Å². The Labute approximate surface area is 123 Å². The van der Waals surface area contributed by atoms with Gasteiger partial charge in [0.2, 0.25) is 0 Å². The molecule has 1 aromatic carbocycles. The van der Waals surface area contributed by atoms with Crippen molar-refractivity contribution in [2.24, 2.45) is 0 Å². The first kappa shape index (κ1) is 14.3. The van der Waals surface area contributed by atoms with E-state index in [0.717, 1.165) is 5.57 Å². The van der Waals surface area contributed by atoms with Crippen molar-refractivity contribution in [1.29, 1.82) is 0 Å². The van der Waals surface area contributed by atoms with E-state index in [1.807, 2.05) is 19.9 Å². The third-order valence-corrected chi connectivity index (χ3v) is 3.51. The average Bonchev–Trinajstić information content (AvgIpc) is 2.91. The first-order chi connectivity index (χ1) is 9.96. The Hall–Kier alpha value is -1.69. The number of rotatable bonds is 3. The van der Waals surface area contributed by atoms with E-state index in [1.165, 1.54) is 0 Å². The van der Waals surface area contributed by atoms with Gasteiger partial charge in [-0.3, -0.25) is 0 Å². The number of ether oxygens (including phenoxy) is 4. The molecular formula is C16H18O5. The van der Waals surface area contributed by atoms with Crippen molar-refractivity contribution in [1.82, 2.24) is 0 Å². The Morgan fingerprint density at radius 2 is 2.00 bits per heavy atom. The summed E-state index contributed by atoms with van der Waals surface area (Å²) < 4.78 is 22.3. The standard InChI is InChI=1S/C16H18O5/c1-10-12(19-15-13(10)20-16(2,3)21-15)9-18-14(17)11-7-5-4-6-8-11/h4-8,12-13,15H,1,9H2,2-3H3/t12-,13-,15-/m1/s1. The minimum absolute atomic E-state index is 0.104. The summed E-state index contributed by atoms with van der Waals surface area (Å²) in [6.07, 6.45) is -1.18. The molecule has 0 aliphatic carbocycles. The second-order valence-electron chi connectivity index (χ2n) is 5.59. The van der Waals surface area contributed by atoms with Crippen molar-refractivity contribution < 1.29 is 23.7 Å². The van der Waals surface area contributed by atoms with Crippen molar-refractivity contribution in [2.45, 2.75) is 38.1 Å². The Bertz CT molecular complexity index is 551.